The summed E-state index contributed by atoms with van der Waals surface area (Å²) in [4.78, 5) is 10.3. The van der Waals surface area contributed by atoms with Gasteiger partial charge in [-0.15, -0.1) is 11.3 Å². The molecule has 0 fully saturated rings. The molecule has 0 atom stereocenters. The molecule has 0 saturated heterocycles. The SMILES string of the molecule is Cc1sc(CCN)nc1-c1ccc2ncccc2c1. The third kappa shape index (κ3) is 2.37. The minimum Gasteiger partial charge on any atom is -0.330 e. The topological polar surface area (TPSA) is 51.8 Å². The van der Waals surface area contributed by atoms with E-state index in [2.05, 4.69) is 30.1 Å². The van der Waals surface area contributed by atoms with Crippen molar-refractivity contribution >= 4 is 22.2 Å². The molecule has 4 heteroatoms. The van der Waals surface area contributed by atoms with Crippen LogP contribution < -0.4 is 5.73 Å². The maximum absolute atomic E-state index is 5.59. The lowest BCUT2D eigenvalue weighted by Crippen LogP contribution is -2.01. The van der Waals surface area contributed by atoms with Gasteiger partial charge in [0, 0.05) is 28.4 Å². The first-order chi connectivity index (χ1) is 9.28. The minimum atomic E-state index is 0.647. The van der Waals surface area contributed by atoms with Crippen LogP contribution in [0.5, 0.6) is 0 Å². The van der Waals surface area contributed by atoms with E-state index in [1.54, 1.807) is 11.3 Å². The summed E-state index contributed by atoms with van der Waals surface area (Å²) in [6.07, 6.45) is 2.66. The highest BCUT2D eigenvalue weighted by Gasteiger charge is 2.10. The molecule has 0 aliphatic rings. The Morgan fingerprint density at radius 3 is 3.00 bits per heavy atom. The number of pyridine rings is 1. The fourth-order valence-corrected chi connectivity index (χ4v) is 3.14. The molecule has 0 spiro atoms. The van der Waals surface area contributed by atoms with E-state index in [4.69, 9.17) is 10.7 Å². The highest BCUT2D eigenvalue weighted by molar-refractivity contribution is 7.12. The van der Waals surface area contributed by atoms with Crippen molar-refractivity contribution in [3.8, 4) is 11.3 Å². The lowest BCUT2D eigenvalue weighted by Gasteiger charge is -2.01. The van der Waals surface area contributed by atoms with E-state index in [1.165, 1.54) is 4.88 Å². The van der Waals surface area contributed by atoms with Gasteiger partial charge in [-0.2, -0.15) is 0 Å². The zero-order chi connectivity index (χ0) is 13.2. The quantitative estimate of drug-likeness (QED) is 0.794. The molecule has 0 bridgehead atoms. The molecule has 3 aromatic rings. The van der Waals surface area contributed by atoms with Crippen molar-refractivity contribution in [1.82, 2.24) is 9.97 Å². The number of benzene rings is 1. The molecule has 0 saturated carbocycles. The number of nitrogens with zero attached hydrogens (tertiary/aromatic N) is 2. The first kappa shape index (κ1) is 12.3. The Kier molecular flexibility index (Phi) is 3.27. The number of hydrogen-bond acceptors (Lipinski definition) is 4. The second-order valence-electron chi connectivity index (χ2n) is 4.46. The highest BCUT2D eigenvalue weighted by atomic mass is 32.1. The van der Waals surface area contributed by atoms with Crippen LogP contribution in [-0.4, -0.2) is 16.5 Å². The first-order valence-corrected chi connectivity index (χ1v) is 7.11. The van der Waals surface area contributed by atoms with E-state index in [9.17, 15) is 0 Å². The summed E-state index contributed by atoms with van der Waals surface area (Å²) < 4.78 is 0. The first-order valence-electron chi connectivity index (χ1n) is 6.29. The number of thiazole rings is 1. The average Bonchev–Trinajstić information content (AvgIpc) is 2.79. The fraction of sp³-hybridized carbons (Fsp3) is 0.200. The van der Waals surface area contributed by atoms with Crippen molar-refractivity contribution in [2.45, 2.75) is 13.3 Å². The molecule has 96 valence electrons. The lowest BCUT2D eigenvalue weighted by molar-refractivity contribution is 0.954. The standard InChI is InChI=1S/C15H15N3S/c1-10-15(18-14(19-10)6-7-16)12-4-5-13-11(9-12)3-2-8-17-13/h2-5,8-9H,6-7,16H2,1H3. The van der Waals surface area contributed by atoms with Crippen LogP contribution in [0.15, 0.2) is 36.5 Å². The van der Waals surface area contributed by atoms with Gasteiger partial charge in [0.1, 0.15) is 0 Å². The summed E-state index contributed by atoms with van der Waals surface area (Å²) in [6.45, 7) is 2.76. The van der Waals surface area contributed by atoms with Gasteiger partial charge in [-0.3, -0.25) is 4.98 Å². The number of hydrogen-bond donors (Lipinski definition) is 1. The van der Waals surface area contributed by atoms with Crippen LogP contribution in [0.25, 0.3) is 22.2 Å². The van der Waals surface area contributed by atoms with Crippen molar-refractivity contribution in [2.75, 3.05) is 6.54 Å². The molecule has 1 aromatic carbocycles. The van der Waals surface area contributed by atoms with Crippen molar-refractivity contribution < 1.29 is 0 Å². The number of aromatic nitrogens is 2. The summed E-state index contributed by atoms with van der Waals surface area (Å²) in [5.41, 5.74) is 8.83. The zero-order valence-corrected chi connectivity index (χ0v) is 11.6. The van der Waals surface area contributed by atoms with Gasteiger partial charge in [0.05, 0.1) is 16.2 Å². The van der Waals surface area contributed by atoms with E-state index < -0.39 is 0 Å². The Balaban J connectivity index is 2.08. The van der Waals surface area contributed by atoms with Crippen LogP contribution in [0.3, 0.4) is 0 Å². The van der Waals surface area contributed by atoms with E-state index in [0.717, 1.165) is 33.6 Å². The molecule has 3 nitrogen and oxygen atoms in total. The van der Waals surface area contributed by atoms with Crippen LogP contribution in [0.2, 0.25) is 0 Å². The molecular weight excluding hydrogens is 254 g/mol. The van der Waals surface area contributed by atoms with Gasteiger partial charge in [-0.25, -0.2) is 4.98 Å². The Hall–Kier alpha value is -1.78. The summed E-state index contributed by atoms with van der Waals surface area (Å²) in [5, 5.41) is 2.26. The summed E-state index contributed by atoms with van der Waals surface area (Å²) in [6, 6.07) is 10.3. The van der Waals surface area contributed by atoms with E-state index >= 15 is 0 Å². The molecule has 0 unspecified atom stereocenters. The molecule has 0 amide bonds. The van der Waals surface area contributed by atoms with Gasteiger partial charge in [0.15, 0.2) is 0 Å². The highest BCUT2D eigenvalue weighted by Crippen LogP contribution is 2.29. The van der Waals surface area contributed by atoms with Crippen LogP contribution in [-0.2, 0) is 6.42 Å². The summed E-state index contributed by atoms with van der Waals surface area (Å²) in [7, 11) is 0. The number of rotatable bonds is 3. The lowest BCUT2D eigenvalue weighted by atomic mass is 10.1. The molecule has 0 aliphatic carbocycles. The van der Waals surface area contributed by atoms with E-state index in [-0.39, 0.29) is 0 Å². The van der Waals surface area contributed by atoms with Gasteiger partial charge in [-0.05, 0) is 31.7 Å². The average molecular weight is 269 g/mol. The molecule has 0 radical (unpaired) electrons. The maximum Gasteiger partial charge on any atom is 0.0947 e. The zero-order valence-electron chi connectivity index (χ0n) is 10.8. The smallest absolute Gasteiger partial charge is 0.0947 e. The maximum atomic E-state index is 5.59. The van der Waals surface area contributed by atoms with Crippen molar-refractivity contribution in [3.05, 3.63) is 46.4 Å². The third-order valence-corrected chi connectivity index (χ3v) is 4.11. The Bertz CT molecular complexity index is 718. The predicted octanol–water partition coefficient (Wildman–Crippen LogP) is 3.17. The Labute approximate surface area is 116 Å². The molecular formula is C15H15N3S. The molecule has 2 aromatic heterocycles. The predicted molar refractivity (Wildman–Crippen MR) is 80.3 cm³/mol. The second-order valence-corrected chi connectivity index (χ2v) is 5.75. The minimum absolute atomic E-state index is 0.647. The van der Waals surface area contributed by atoms with Crippen LogP contribution in [0, 0.1) is 6.92 Å². The normalized spacial score (nSPS) is 11.1. The molecule has 3 rings (SSSR count). The van der Waals surface area contributed by atoms with Gasteiger partial charge in [0.25, 0.3) is 0 Å². The number of fused-ring (bicyclic) bond motifs is 1. The number of aryl methyl sites for hydroxylation is 1. The van der Waals surface area contributed by atoms with Crippen molar-refractivity contribution in [1.29, 1.82) is 0 Å². The van der Waals surface area contributed by atoms with E-state index in [0.29, 0.717) is 6.54 Å². The second kappa shape index (κ2) is 5.07. The molecule has 0 aliphatic heterocycles. The summed E-state index contributed by atoms with van der Waals surface area (Å²) >= 11 is 1.73. The largest absolute Gasteiger partial charge is 0.330 e. The number of nitrogens with two attached hydrogens (primary N) is 1. The summed E-state index contributed by atoms with van der Waals surface area (Å²) in [5.74, 6) is 0. The van der Waals surface area contributed by atoms with Gasteiger partial charge in [-0.1, -0.05) is 12.1 Å². The van der Waals surface area contributed by atoms with Crippen molar-refractivity contribution in [2.24, 2.45) is 5.73 Å². The Morgan fingerprint density at radius 2 is 2.16 bits per heavy atom. The van der Waals surface area contributed by atoms with E-state index in [1.807, 2.05) is 18.3 Å². The molecule has 2 N–H and O–H groups in total. The molecule has 19 heavy (non-hydrogen) atoms. The van der Waals surface area contributed by atoms with Gasteiger partial charge < -0.3 is 5.73 Å². The third-order valence-electron chi connectivity index (χ3n) is 3.08. The Morgan fingerprint density at radius 1 is 1.26 bits per heavy atom. The van der Waals surface area contributed by atoms with Gasteiger partial charge in [0.2, 0.25) is 0 Å². The van der Waals surface area contributed by atoms with Crippen LogP contribution >= 0.6 is 11.3 Å². The fourth-order valence-electron chi connectivity index (χ4n) is 2.17. The molecule has 2 heterocycles. The van der Waals surface area contributed by atoms with Crippen LogP contribution in [0.1, 0.15) is 9.88 Å². The monoisotopic (exact) mass is 269 g/mol. The van der Waals surface area contributed by atoms with Crippen molar-refractivity contribution in [3.63, 3.8) is 0 Å². The van der Waals surface area contributed by atoms with Gasteiger partial charge >= 0.3 is 0 Å². The van der Waals surface area contributed by atoms with Crippen LogP contribution in [0.4, 0.5) is 0 Å².